The van der Waals surface area contributed by atoms with Gasteiger partial charge in [0.25, 0.3) is 0 Å². The molecule has 2 heterocycles. The number of carbonyl (C=O) groups is 1. The summed E-state index contributed by atoms with van der Waals surface area (Å²) in [5.74, 6) is 0. The molecule has 154 valence electrons. The molecule has 29 heavy (non-hydrogen) atoms. The molecule has 1 unspecified atom stereocenters. The first-order valence-electron chi connectivity index (χ1n) is 10.4. The summed E-state index contributed by atoms with van der Waals surface area (Å²) in [4.78, 5) is 13.8. The highest BCUT2D eigenvalue weighted by Gasteiger charge is 2.26. The van der Waals surface area contributed by atoms with Crippen LogP contribution >= 0.6 is 11.3 Å². The smallest absolute Gasteiger partial charge is 0.309 e. The average molecular weight is 431 g/mol. The molecule has 4 N–H and O–H groups in total. The lowest BCUT2D eigenvalue weighted by Gasteiger charge is -2.15. The number of hydrogen-bond donors (Lipinski definition) is 3. The molecule has 0 radical (unpaired) electrons. The van der Waals surface area contributed by atoms with Gasteiger partial charge < -0.3 is 10.6 Å². The maximum Gasteiger partial charge on any atom is 0.354 e. The summed E-state index contributed by atoms with van der Waals surface area (Å²) >= 11 is 1.39. The van der Waals surface area contributed by atoms with Gasteiger partial charge in [-0.3, -0.25) is 0 Å². The molecule has 1 aliphatic heterocycles. The number of fused-ring (bicyclic) bond motifs is 2. The van der Waals surface area contributed by atoms with Gasteiger partial charge in [0, 0.05) is 16.6 Å². The Hall–Kier alpha value is -1.74. The third-order valence-electron chi connectivity index (χ3n) is 6.22. The fourth-order valence-electron chi connectivity index (χ4n) is 4.87. The van der Waals surface area contributed by atoms with Crippen LogP contribution in [0.2, 0.25) is 0 Å². The van der Waals surface area contributed by atoms with E-state index in [1.165, 1.54) is 33.6 Å². The van der Waals surface area contributed by atoms with E-state index in [0.29, 0.717) is 4.21 Å². The van der Waals surface area contributed by atoms with E-state index in [9.17, 15) is 9.00 Å². The molecular weight excluding hydrogens is 404 g/mol. The largest absolute Gasteiger partial charge is 0.354 e. The SMILES string of the molecule is NS(=O)(=NC(=O)Nc1c2c(cc3c1CCC3)CCC2)c1ccc([C@@H]2CCCN2)s1. The fourth-order valence-corrected chi connectivity index (χ4v) is 7.24. The van der Waals surface area contributed by atoms with Gasteiger partial charge in [-0.1, -0.05) is 6.07 Å². The van der Waals surface area contributed by atoms with Gasteiger partial charge in [-0.05, 0) is 92.3 Å². The molecule has 0 saturated carbocycles. The second-order valence-electron chi connectivity index (χ2n) is 8.13. The Balaban J connectivity index is 1.42. The van der Waals surface area contributed by atoms with E-state index in [-0.39, 0.29) is 6.04 Å². The van der Waals surface area contributed by atoms with Gasteiger partial charge in [0.1, 0.15) is 4.21 Å². The molecule has 8 heteroatoms. The average Bonchev–Trinajstić information content (AvgIpc) is 3.46. The number of benzene rings is 1. The van der Waals surface area contributed by atoms with Crippen LogP contribution in [0.4, 0.5) is 10.5 Å². The van der Waals surface area contributed by atoms with E-state index in [0.717, 1.165) is 68.5 Å². The molecule has 3 aliphatic rings. The van der Waals surface area contributed by atoms with Crippen molar-refractivity contribution in [3.05, 3.63) is 45.3 Å². The molecule has 0 bridgehead atoms. The Morgan fingerprint density at radius 2 is 1.86 bits per heavy atom. The van der Waals surface area contributed by atoms with E-state index < -0.39 is 15.9 Å². The zero-order chi connectivity index (χ0) is 20.0. The third-order valence-corrected chi connectivity index (χ3v) is 9.33. The normalized spacial score (nSPS) is 22.2. The van der Waals surface area contributed by atoms with Crippen molar-refractivity contribution >= 4 is 33.0 Å². The minimum Gasteiger partial charge on any atom is -0.309 e. The van der Waals surface area contributed by atoms with Crippen LogP contribution in [-0.2, 0) is 35.6 Å². The van der Waals surface area contributed by atoms with Crippen molar-refractivity contribution in [1.29, 1.82) is 0 Å². The first kappa shape index (κ1) is 19.2. The van der Waals surface area contributed by atoms with Gasteiger partial charge in [0.2, 0.25) is 0 Å². The van der Waals surface area contributed by atoms with E-state index in [2.05, 4.69) is 21.1 Å². The number of rotatable bonds is 3. The zero-order valence-corrected chi connectivity index (χ0v) is 18.0. The zero-order valence-electron chi connectivity index (χ0n) is 16.3. The fraction of sp³-hybridized carbons (Fsp3) is 0.476. The van der Waals surface area contributed by atoms with Crippen LogP contribution in [0, 0.1) is 0 Å². The van der Waals surface area contributed by atoms with Crippen molar-refractivity contribution in [2.45, 2.75) is 61.6 Å². The van der Waals surface area contributed by atoms with Crippen LogP contribution in [0.3, 0.4) is 0 Å². The van der Waals surface area contributed by atoms with Crippen molar-refractivity contribution < 1.29 is 9.00 Å². The second-order valence-corrected chi connectivity index (χ2v) is 11.3. The lowest BCUT2D eigenvalue weighted by molar-refractivity contribution is 0.260. The summed E-state index contributed by atoms with van der Waals surface area (Å²) < 4.78 is 17.4. The van der Waals surface area contributed by atoms with Gasteiger partial charge in [-0.15, -0.1) is 15.7 Å². The van der Waals surface area contributed by atoms with E-state index in [1.54, 1.807) is 6.07 Å². The molecule has 2 amide bonds. The van der Waals surface area contributed by atoms with Crippen molar-refractivity contribution in [3.8, 4) is 0 Å². The lowest BCUT2D eigenvalue weighted by atomic mass is 9.99. The number of hydrogen-bond acceptors (Lipinski definition) is 4. The number of nitrogens with zero attached hydrogens (tertiary/aromatic N) is 1. The van der Waals surface area contributed by atoms with Crippen molar-refractivity contribution in [2.24, 2.45) is 9.50 Å². The number of nitrogens with one attached hydrogen (secondary N) is 2. The number of aryl methyl sites for hydroxylation is 2. The van der Waals surface area contributed by atoms with Crippen LogP contribution < -0.4 is 15.8 Å². The van der Waals surface area contributed by atoms with Gasteiger partial charge in [0.15, 0.2) is 9.92 Å². The van der Waals surface area contributed by atoms with Crippen LogP contribution in [0.1, 0.15) is 58.9 Å². The van der Waals surface area contributed by atoms with Crippen molar-refractivity contribution in [2.75, 3.05) is 11.9 Å². The number of amides is 2. The van der Waals surface area contributed by atoms with E-state index >= 15 is 0 Å². The molecule has 1 fully saturated rings. The Labute approximate surface area is 175 Å². The van der Waals surface area contributed by atoms with Crippen LogP contribution in [0.5, 0.6) is 0 Å². The number of carbonyl (C=O) groups excluding carboxylic acids is 1. The molecule has 0 spiro atoms. The van der Waals surface area contributed by atoms with Crippen LogP contribution in [0.25, 0.3) is 0 Å². The van der Waals surface area contributed by atoms with Crippen LogP contribution in [0.15, 0.2) is 26.8 Å². The summed E-state index contributed by atoms with van der Waals surface area (Å²) in [6, 6.07) is 5.68. The van der Waals surface area contributed by atoms with Gasteiger partial charge >= 0.3 is 6.03 Å². The summed E-state index contributed by atoms with van der Waals surface area (Å²) in [6.07, 6.45) is 8.48. The molecule has 2 aliphatic carbocycles. The van der Waals surface area contributed by atoms with E-state index in [1.807, 2.05) is 6.07 Å². The Morgan fingerprint density at radius 3 is 2.52 bits per heavy atom. The first-order chi connectivity index (χ1) is 14.0. The standard InChI is InChI=1S/C21H26N4O2S2/c22-29(27,19-10-9-18(28-19)17-8-3-11-23-17)25-21(26)24-20-15-6-1-4-13(15)12-14-5-2-7-16(14)20/h9-10,12,17,23H,1-8,11H2,(H3,22,24,25,26,27)/t17-,29?/m0/s1. The second kappa shape index (κ2) is 7.50. The highest BCUT2D eigenvalue weighted by Crippen LogP contribution is 2.39. The van der Waals surface area contributed by atoms with Gasteiger partial charge in [-0.25, -0.2) is 14.1 Å². The maximum atomic E-state index is 13.0. The molecular formula is C21H26N4O2S2. The molecule has 5 rings (SSSR count). The summed E-state index contributed by atoms with van der Waals surface area (Å²) in [5, 5.41) is 12.4. The molecule has 2 atom stereocenters. The van der Waals surface area contributed by atoms with Crippen molar-refractivity contribution in [3.63, 3.8) is 0 Å². The number of nitrogens with two attached hydrogens (primary N) is 1. The van der Waals surface area contributed by atoms with Crippen molar-refractivity contribution in [1.82, 2.24) is 5.32 Å². The Bertz CT molecular complexity index is 1060. The highest BCUT2D eigenvalue weighted by atomic mass is 32.2. The molecule has 1 aromatic carbocycles. The number of anilines is 1. The summed E-state index contributed by atoms with van der Waals surface area (Å²) in [5.41, 5.74) is 6.02. The molecule has 1 aromatic heterocycles. The molecule has 1 saturated heterocycles. The quantitative estimate of drug-likeness (QED) is 0.684. The van der Waals surface area contributed by atoms with Crippen LogP contribution in [-0.4, -0.2) is 16.8 Å². The highest BCUT2D eigenvalue weighted by molar-refractivity contribution is 7.93. The predicted octanol–water partition coefficient (Wildman–Crippen LogP) is 4.08. The molecule has 2 aromatic rings. The topological polar surface area (TPSA) is 96.6 Å². The number of thiophene rings is 1. The summed E-state index contributed by atoms with van der Waals surface area (Å²) in [7, 11) is -3.26. The third kappa shape index (κ3) is 3.63. The van der Waals surface area contributed by atoms with Gasteiger partial charge in [-0.2, -0.15) is 0 Å². The van der Waals surface area contributed by atoms with Gasteiger partial charge in [0.05, 0.1) is 0 Å². The minimum atomic E-state index is -3.26. The predicted molar refractivity (Wildman–Crippen MR) is 117 cm³/mol. The lowest BCUT2D eigenvalue weighted by Crippen LogP contribution is -2.18. The Morgan fingerprint density at radius 1 is 1.14 bits per heavy atom. The maximum absolute atomic E-state index is 13.0. The number of urea groups is 1. The molecule has 6 nitrogen and oxygen atoms in total. The summed E-state index contributed by atoms with van der Waals surface area (Å²) in [6.45, 7) is 0.994. The monoisotopic (exact) mass is 430 g/mol. The first-order valence-corrected chi connectivity index (χ1v) is 12.8. The minimum absolute atomic E-state index is 0.285. The van der Waals surface area contributed by atoms with E-state index in [4.69, 9.17) is 5.14 Å². The Kier molecular flexibility index (Phi) is 4.98.